The quantitative estimate of drug-likeness (QED) is 0.115. The first-order valence-electron chi connectivity index (χ1n) is 14.2. The fourth-order valence-corrected chi connectivity index (χ4v) is 5.62. The second-order valence-electron chi connectivity index (χ2n) is 11.4. The third-order valence-corrected chi connectivity index (χ3v) is 8.12. The van der Waals surface area contributed by atoms with Crippen LogP contribution in [0.1, 0.15) is 46.3 Å². The summed E-state index contributed by atoms with van der Waals surface area (Å²) in [6, 6.07) is 15.0. The lowest BCUT2D eigenvalue weighted by Gasteiger charge is -2.21. The first-order valence-corrected chi connectivity index (χ1v) is 15.0. The van der Waals surface area contributed by atoms with Crippen LogP contribution in [0.2, 0.25) is 0 Å². The molecule has 5 aromatic rings. The Labute approximate surface area is 249 Å². The topological polar surface area (TPSA) is 126 Å². The lowest BCUT2D eigenvalue weighted by Crippen LogP contribution is -2.23. The third-order valence-electron chi connectivity index (χ3n) is 7.11. The molecule has 3 aromatic heterocycles. The number of nitrogens with one attached hydrogen (secondary N) is 3. The van der Waals surface area contributed by atoms with Gasteiger partial charge in [0.05, 0.1) is 22.5 Å². The van der Waals surface area contributed by atoms with Crippen molar-refractivity contribution in [2.45, 2.75) is 46.0 Å². The van der Waals surface area contributed by atoms with Crippen LogP contribution < -0.4 is 20.7 Å². The lowest BCUT2D eigenvalue weighted by atomic mass is 9.83. The third kappa shape index (κ3) is 7.10. The molecule has 5 rings (SSSR count). The summed E-state index contributed by atoms with van der Waals surface area (Å²) < 4.78 is 14.5. The zero-order valence-electron chi connectivity index (χ0n) is 24.4. The van der Waals surface area contributed by atoms with E-state index in [4.69, 9.17) is 19.4 Å². The van der Waals surface area contributed by atoms with Gasteiger partial charge in [-0.1, -0.05) is 62.7 Å². The Balaban J connectivity index is 1.18. The van der Waals surface area contributed by atoms with E-state index in [-0.39, 0.29) is 18.1 Å². The highest BCUT2D eigenvalue weighted by Crippen LogP contribution is 2.33. The summed E-state index contributed by atoms with van der Waals surface area (Å²) in [5.41, 5.74) is 3.36. The van der Waals surface area contributed by atoms with Crippen molar-refractivity contribution in [3.05, 3.63) is 60.5 Å². The van der Waals surface area contributed by atoms with E-state index in [0.29, 0.717) is 37.1 Å². The summed E-state index contributed by atoms with van der Waals surface area (Å²) in [6.45, 7) is 10.5. The Kier molecular flexibility index (Phi) is 9.10. The largest absolute Gasteiger partial charge is 0.492 e. The number of hydrogen-bond acceptors (Lipinski definition) is 8. The monoisotopic (exact) mass is 590 g/mol. The van der Waals surface area contributed by atoms with E-state index < -0.39 is 0 Å². The van der Waals surface area contributed by atoms with Gasteiger partial charge in [0.2, 0.25) is 0 Å². The minimum absolute atomic E-state index is 0.115. The summed E-state index contributed by atoms with van der Waals surface area (Å²) in [6.07, 6.45) is 4.08. The first-order chi connectivity index (χ1) is 20.2. The van der Waals surface area contributed by atoms with Gasteiger partial charge in [0, 0.05) is 42.0 Å². The maximum absolute atomic E-state index is 12.6. The molecule has 11 heteroatoms. The average Bonchev–Trinajstić information content (AvgIpc) is 3.67. The number of hydrogen-bond donors (Lipinski definition) is 4. The Morgan fingerprint density at radius 1 is 1.12 bits per heavy atom. The van der Waals surface area contributed by atoms with Gasteiger partial charge >= 0.3 is 6.03 Å². The minimum atomic E-state index is -0.388. The summed E-state index contributed by atoms with van der Waals surface area (Å²) in [5, 5.41) is 21.6. The van der Waals surface area contributed by atoms with Crippen molar-refractivity contribution in [1.82, 2.24) is 19.9 Å². The highest BCUT2D eigenvalue weighted by Gasteiger charge is 2.26. The second-order valence-corrected chi connectivity index (χ2v) is 12.4. The number of ether oxygens (including phenoxy) is 1. The number of rotatable bonds is 13. The number of urea groups is 1. The Morgan fingerprint density at radius 2 is 1.93 bits per heavy atom. The Hall–Kier alpha value is -3.93. The van der Waals surface area contributed by atoms with E-state index in [1.54, 1.807) is 17.4 Å². The molecule has 2 aromatic carbocycles. The average molecular weight is 591 g/mol. The number of carbonyl (C=O) groups is 1. The van der Waals surface area contributed by atoms with Crippen LogP contribution in [-0.2, 0) is 5.41 Å². The molecule has 0 saturated heterocycles. The summed E-state index contributed by atoms with van der Waals surface area (Å²) in [7, 11) is 0. The zero-order chi connectivity index (χ0) is 29.7. The molecule has 0 radical (unpaired) electrons. The van der Waals surface area contributed by atoms with Gasteiger partial charge < -0.3 is 25.0 Å². The molecule has 10 nitrogen and oxygen atoms in total. The molecule has 0 saturated carbocycles. The van der Waals surface area contributed by atoms with E-state index in [0.717, 1.165) is 50.8 Å². The zero-order valence-corrected chi connectivity index (χ0v) is 25.3. The summed E-state index contributed by atoms with van der Waals surface area (Å²) >= 11 is 1.60. The molecule has 0 aliphatic carbocycles. The number of benzene rings is 2. The molecule has 0 aliphatic rings. The van der Waals surface area contributed by atoms with Gasteiger partial charge in [-0.2, -0.15) is 0 Å². The van der Waals surface area contributed by atoms with Gasteiger partial charge in [0.15, 0.2) is 10.8 Å². The normalized spacial score (nSPS) is 12.0. The molecule has 4 N–H and O–H groups in total. The van der Waals surface area contributed by atoms with Crippen LogP contribution in [-0.4, -0.2) is 52.0 Å². The second kappa shape index (κ2) is 12.9. The number of aliphatic hydroxyl groups excluding tert-OH is 1. The van der Waals surface area contributed by atoms with Crippen LogP contribution >= 0.6 is 11.3 Å². The van der Waals surface area contributed by atoms with Gasteiger partial charge in [-0.3, -0.25) is 9.72 Å². The number of anilines is 2. The SMILES string of the molecule is CC(C)CCC(C)(C)c1cc(NC(=O)Nc2ccc(-c3cn4c(n3)sc3cc(OCCNCCO)ccc34)cc2)no1. The maximum Gasteiger partial charge on any atom is 0.324 e. The van der Waals surface area contributed by atoms with Crippen molar-refractivity contribution in [2.24, 2.45) is 5.92 Å². The van der Waals surface area contributed by atoms with Gasteiger partial charge in [0.1, 0.15) is 18.1 Å². The number of amides is 2. The fourth-order valence-electron chi connectivity index (χ4n) is 4.58. The fraction of sp³-hybridized carbons (Fsp3) is 0.387. The van der Waals surface area contributed by atoms with E-state index in [9.17, 15) is 4.79 Å². The predicted molar refractivity (Wildman–Crippen MR) is 168 cm³/mol. The van der Waals surface area contributed by atoms with Crippen LogP contribution in [0.15, 0.2) is 59.3 Å². The molecule has 0 aliphatic heterocycles. The maximum atomic E-state index is 12.6. The van der Waals surface area contributed by atoms with E-state index >= 15 is 0 Å². The number of fused-ring (bicyclic) bond motifs is 3. The molecule has 0 unspecified atom stereocenters. The standard InChI is InChI=1S/C31H38N6O4S/c1-20(2)11-12-31(3,4)27-18-28(36-41-27)35-29(39)33-22-7-5-21(6-8-22)24-19-37-25-10-9-23(40-16-14-32-13-15-38)17-26(25)42-30(37)34-24/h5-10,17-20,32,38H,11-16H2,1-4H3,(H2,33,35,36,39). The molecule has 42 heavy (non-hydrogen) atoms. The Morgan fingerprint density at radius 3 is 2.69 bits per heavy atom. The summed E-state index contributed by atoms with van der Waals surface area (Å²) in [5.74, 6) is 2.56. The molecule has 2 amide bonds. The van der Waals surface area contributed by atoms with Crippen LogP contribution in [0.3, 0.4) is 0 Å². The van der Waals surface area contributed by atoms with Crippen molar-refractivity contribution >= 4 is 44.1 Å². The number of nitrogens with zero attached hydrogens (tertiary/aromatic N) is 3. The van der Waals surface area contributed by atoms with Crippen LogP contribution in [0.25, 0.3) is 26.4 Å². The number of imidazole rings is 1. The lowest BCUT2D eigenvalue weighted by molar-refractivity contribution is 0.261. The smallest absolute Gasteiger partial charge is 0.324 e. The number of aliphatic hydroxyl groups is 1. The van der Waals surface area contributed by atoms with Gasteiger partial charge in [0.25, 0.3) is 0 Å². The van der Waals surface area contributed by atoms with Gasteiger partial charge in [-0.05, 0) is 42.7 Å². The number of carbonyl (C=O) groups excluding carboxylic acids is 1. The summed E-state index contributed by atoms with van der Waals surface area (Å²) in [4.78, 5) is 18.3. The van der Waals surface area contributed by atoms with Crippen LogP contribution in [0.4, 0.5) is 16.3 Å². The van der Waals surface area contributed by atoms with Gasteiger partial charge in [-0.25, -0.2) is 9.78 Å². The van der Waals surface area contributed by atoms with Crippen molar-refractivity contribution in [1.29, 1.82) is 0 Å². The molecule has 0 fully saturated rings. The highest BCUT2D eigenvalue weighted by molar-refractivity contribution is 7.23. The van der Waals surface area contributed by atoms with E-state index in [1.807, 2.05) is 48.7 Å². The van der Waals surface area contributed by atoms with Crippen LogP contribution in [0, 0.1) is 5.92 Å². The number of thiazole rings is 1. The highest BCUT2D eigenvalue weighted by atomic mass is 32.1. The first kappa shape index (κ1) is 29.6. The molecule has 3 heterocycles. The van der Waals surface area contributed by atoms with E-state index in [2.05, 4.69) is 53.2 Å². The van der Waals surface area contributed by atoms with Crippen molar-refractivity contribution < 1.29 is 19.2 Å². The van der Waals surface area contributed by atoms with Crippen molar-refractivity contribution in [3.8, 4) is 17.0 Å². The molecular weight excluding hydrogens is 552 g/mol. The molecule has 0 bridgehead atoms. The predicted octanol–water partition coefficient (Wildman–Crippen LogP) is 6.52. The number of aromatic nitrogens is 3. The van der Waals surface area contributed by atoms with Gasteiger partial charge in [-0.15, -0.1) is 0 Å². The van der Waals surface area contributed by atoms with Crippen molar-refractivity contribution in [2.75, 3.05) is 36.9 Å². The molecule has 0 atom stereocenters. The van der Waals surface area contributed by atoms with E-state index in [1.165, 1.54) is 0 Å². The molecule has 222 valence electrons. The van der Waals surface area contributed by atoms with Crippen LogP contribution in [0.5, 0.6) is 5.75 Å². The van der Waals surface area contributed by atoms with Crippen molar-refractivity contribution in [3.63, 3.8) is 0 Å². The molecular formula is C31H38N6O4S. The minimum Gasteiger partial charge on any atom is -0.492 e. The Bertz CT molecular complexity index is 1640. The molecule has 0 spiro atoms.